The third kappa shape index (κ3) is 3.04. The van der Waals surface area contributed by atoms with Crippen LogP contribution in [0.5, 0.6) is 0 Å². The number of para-hydroxylation sites is 2. The molecular weight excluding hydrogens is 330 g/mol. The van der Waals surface area contributed by atoms with Crippen LogP contribution in [-0.4, -0.2) is 26.3 Å². The molecule has 0 spiro atoms. The Morgan fingerprint density at radius 1 is 1.29 bits per heavy atom. The van der Waals surface area contributed by atoms with Gasteiger partial charge in [0.15, 0.2) is 10.7 Å². The van der Waals surface area contributed by atoms with E-state index in [1.165, 1.54) is 18.0 Å². The summed E-state index contributed by atoms with van der Waals surface area (Å²) in [5.41, 5.74) is 1.57. The number of halogens is 1. The molecule has 0 fully saturated rings. The molecule has 0 aliphatic heterocycles. The Morgan fingerprint density at radius 2 is 2.10 bits per heavy atom. The van der Waals surface area contributed by atoms with Crippen molar-refractivity contribution in [2.75, 3.05) is 6.26 Å². The summed E-state index contributed by atoms with van der Waals surface area (Å²) in [6, 6.07) is 7.31. The molecule has 2 aromatic heterocycles. The van der Waals surface area contributed by atoms with Gasteiger partial charge in [0.05, 0.1) is 5.56 Å². The number of carbonyl (C=O) groups excluding carboxylic acids is 1. The van der Waals surface area contributed by atoms with Crippen molar-refractivity contribution in [3.63, 3.8) is 0 Å². The predicted octanol–water partition coefficient (Wildman–Crippen LogP) is 3.93. The molecule has 0 saturated carbocycles. The third-order valence-corrected chi connectivity index (χ3v) is 4.18. The van der Waals surface area contributed by atoms with Crippen LogP contribution in [0, 0.1) is 0 Å². The summed E-state index contributed by atoms with van der Waals surface area (Å²) in [6.45, 7) is 0. The molecule has 106 valence electrons. The summed E-state index contributed by atoms with van der Waals surface area (Å²) >= 11 is 8.22. The number of thioether (sulfide) groups is 2. The van der Waals surface area contributed by atoms with E-state index in [0.717, 1.165) is 11.8 Å². The van der Waals surface area contributed by atoms with Gasteiger partial charge in [-0.3, -0.25) is 4.79 Å². The second-order valence-electron chi connectivity index (χ2n) is 3.90. The van der Waals surface area contributed by atoms with E-state index < -0.39 is 0 Å². The van der Waals surface area contributed by atoms with Gasteiger partial charge in [-0.05, 0) is 18.4 Å². The van der Waals surface area contributed by atoms with Gasteiger partial charge in [0.25, 0.3) is 5.22 Å². The molecule has 0 aliphatic carbocycles. The maximum Gasteiger partial charge on any atom is 0.264 e. The van der Waals surface area contributed by atoms with Crippen molar-refractivity contribution >= 4 is 51.3 Å². The normalized spacial score (nSPS) is 11.0. The Kier molecular flexibility index (Phi) is 4.14. The second kappa shape index (κ2) is 6.05. The molecule has 0 bridgehead atoms. The number of hydrogen-bond acceptors (Lipinski definition) is 7. The van der Waals surface area contributed by atoms with Gasteiger partial charge in [0.2, 0.25) is 5.12 Å². The summed E-state index contributed by atoms with van der Waals surface area (Å²) in [6.07, 6.45) is 3.25. The topological polar surface area (TPSA) is 68.9 Å². The number of carbonyl (C=O) groups is 1. The summed E-state index contributed by atoms with van der Waals surface area (Å²) in [5.74, 6) is 0. The first kappa shape index (κ1) is 14.4. The Balaban J connectivity index is 1.85. The van der Waals surface area contributed by atoms with Crippen LogP contribution >= 0.6 is 35.1 Å². The molecule has 0 radical (unpaired) electrons. The van der Waals surface area contributed by atoms with E-state index in [-0.39, 0.29) is 21.1 Å². The van der Waals surface area contributed by atoms with Gasteiger partial charge in [0, 0.05) is 18.0 Å². The molecule has 0 unspecified atom stereocenters. The van der Waals surface area contributed by atoms with E-state index in [0.29, 0.717) is 16.3 Å². The lowest BCUT2D eigenvalue weighted by atomic mass is 10.3. The average Bonchev–Trinajstić information content (AvgIpc) is 2.88. The minimum atomic E-state index is -0.306. The molecule has 0 N–H and O–H groups in total. The van der Waals surface area contributed by atoms with Crippen molar-refractivity contribution in [3.05, 3.63) is 41.2 Å². The average molecular weight is 338 g/mol. The minimum Gasteiger partial charge on any atom is -0.431 e. The van der Waals surface area contributed by atoms with Crippen molar-refractivity contribution in [1.29, 1.82) is 0 Å². The molecule has 0 aliphatic rings. The van der Waals surface area contributed by atoms with Gasteiger partial charge < -0.3 is 4.42 Å². The van der Waals surface area contributed by atoms with Crippen molar-refractivity contribution in [1.82, 2.24) is 15.0 Å². The Labute approximate surface area is 133 Å². The van der Waals surface area contributed by atoms with E-state index in [1.54, 1.807) is 6.07 Å². The fourth-order valence-corrected chi connectivity index (χ4v) is 2.97. The number of fused-ring (bicyclic) bond motifs is 1. The zero-order valence-electron chi connectivity index (χ0n) is 10.7. The van der Waals surface area contributed by atoms with E-state index in [4.69, 9.17) is 16.0 Å². The molecule has 3 rings (SSSR count). The lowest BCUT2D eigenvalue weighted by molar-refractivity contribution is 0.108. The monoisotopic (exact) mass is 337 g/mol. The van der Waals surface area contributed by atoms with Crippen LogP contribution < -0.4 is 0 Å². The Bertz CT molecular complexity index is 789. The fraction of sp³-hybridized carbons (Fsp3) is 0.0769. The van der Waals surface area contributed by atoms with Crippen molar-refractivity contribution < 1.29 is 9.21 Å². The molecule has 1 aromatic carbocycles. The molecular formula is C13H8ClN3O2S2. The van der Waals surface area contributed by atoms with Crippen LogP contribution in [0.3, 0.4) is 0 Å². The van der Waals surface area contributed by atoms with Crippen molar-refractivity contribution in [2.45, 2.75) is 10.4 Å². The molecule has 21 heavy (non-hydrogen) atoms. The van der Waals surface area contributed by atoms with Crippen molar-refractivity contribution in [2.24, 2.45) is 0 Å². The van der Waals surface area contributed by atoms with Crippen LogP contribution in [0.4, 0.5) is 0 Å². The number of aromatic nitrogens is 3. The highest BCUT2D eigenvalue weighted by Gasteiger charge is 2.18. The Hall–Kier alpha value is -1.57. The molecule has 0 amide bonds. The SMILES string of the molecule is CSc1ncc(C(=O)Sc2nc3ccccc3o2)c(Cl)n1. The molecule has 0 atom stereocenters. The molecule has 8 heteroatoms. The molecule has 0 saturated heterocycles. The lowest BCUT2D eigenvalue weighted by Gasteiger charge is -2.01. The first-order chi connectivity index (χ1) is 10.2. The first-order valence-corrected chi connectivity index (χ1v) is 8.23. The lowest BCUT2D eigenvalue weighted by Crippen LogP contribution is -1.99. The highest BCUT2D eigenvalue weighted by Crippen LogP contribution is 2.28. The number of nitrogens with zero attached hydrogens (tertiary/aromatic N) is 3. The summed E-state index contributed by atoms with van der Waals surface area (Å²) < 4.78 is 5.49. The number of oxazole rings is 1. The third-order valence-electron chi connectivity index (χ3n) is 2.58. The number of hydrogen-bond donors (Lipinski definition) is 0. The molecule has 3 aromatic rings. The standard InChI is InChI=1S/C13H8ClN3O2S2/c1-20-12-15-6-7(10(14)17-12)11(18)21-13-16-8-4-2-3-5-9(8)19-13/h2-6H,1H3. The zero-order chi connectivity index (χ0) is 14.8. The van der Waals surface area contributed by atoms with Crippen LogP contribution in [0.25, 0.3) is 11.1 Å². The summed E-state index contributed by atoms with van der Waals surface area (Å²) in [5, 5.41) is 0.608. The van der Waals surface area contributed by atoms with E-state index in [9.17, 15) is 4.79 Å². The van der Waals surface area contributed by atoms with Gasteiger partial charge in [-0.2, -0.15) is 0 Å². The van der Waals surface area contributed by atoms with Gasteiger partial charge in [0.1, 0.15) is 10.7 Å². The summed E-state index contributed by atoms with van der Waals surface area (Å²) in [7, 11) is 0. The van der Waals surface area contributed by atoms with Crippen LogP contribution in [-0.2, 0) is 0 Å². The van der Waals surface area contributed by atoms with Gasteiger partial charge >= 0.3 is 0 Å². The minimum absolute atomic E-state index is 0.128. The molecule has 5 nitrogen and oxygen atoms in total. The maximum absolute atomic E-state index is 12.2. The zero-order valence-corrected chi connectivity index (χ0v) is 13.1. The Morgan fingerprint density at radius 3 is 2.81 bits per heavy atom. The first-order valence-electron chi connectivity index (χ1n) is 5.81. The van der Waals surface area contributed by atoms with Crippen LogP contribution in [0.1, 0.15) is 10.4 Å². The van der Waals surface area contributed by atoms with Crippen molar-refractivity contribution in [3.8, 4) is 0 Å². The highest BCUT2D eigenvalue weighted by atomic mass is 35.5. The van der Waals surface area contributed by atoms with Crippen LogP contribution in [0.2, 0.25) is 5.15 Å². The van der Waals surface area contributed by atoms with Gasteiger partial charge in [-0.15, -0.1) is 0 Å². The maximum atomic E-state index is 12.2. The summed E-state index contributed by atoms with van der Waals surface area (Å²) in [4.78, 5) is 24.5. The van der Waals surface area contributed by atoms with Crippen LogP contribution in [0.15, 0.2) is 45.3 Å². The van der Waals surface area contributed by atoms with E-state index >= 15 is 0 Å². The predicted molar refractivity (Wildman–Crippen MR) is 83.0 cm³/mol. The van der Waals surface area contributed by atoms with Gasteiger partial charge in [-0.25, -0.2) is 15.0 Å². The quantitative estimate of drug-likeness (QED) is 0.407. The van der Waals surface area contributed by atoms with E-state index in [1.807, 2.05) is 24.5 Å². The second-order valence-corrected chi connectivity index (χ2v) is 5.95. The van der Waals surface area contributed by atoms with Gasteiger partial charge in [-0.1, -0.05) is 35.5 Å². The fourth-order valence-electron chi connectivity index (χ4n) is 1.61. The highest BCUT2D eigenvalue weighted by molar-refractivity contribution is 8.14. The largest absolute Gasteiger partial charge is 0.431 e. The smallest absolute Gasteiger partial charge is 0.264 e. The number of benzene rings is 1. The molecule has 2 heterocycles. The van der Waals surface area contributed by atoms with E-state index in [2.05, 4.69) is 15.0 Å². The number of rotatable bonds is 3.